The van der Waals surface area contributed by atoms with E-state index in [1.807, 2.05) is 0 Å². The van der Waals surface area contributed by atoms with Crippen LogP contribution >= 0.6 is 0 Å². The Morgan fingerprint density at radius 3 is 2.78 bits per heavy atom. The lowest BCUT2D eigenvalue weighted by atomic mass is 10.0. The van der Waals surface area contributed by atoms with Crippen molar-refractivity contribution in [2.75, 3.05) is 34.3 Å². The molecule has 0 saturated carbocycles. The predicted molar refractivity (Wildman–Crippen MR) is 73.6 cm³/mol. The number of nitrogens with zero attached hydrogens (tertiary/aromatic N) is 2. The van der Waals surface area contributed by atoms with Gasteiger partial charge in [-0.05, 0) is 39.9 Å². The van der Waals surface area contributed by atoms with Gasteiger partial charge in [0.2, 0.25) is 0 Å². The minimum absolute atomic E-state index is 0.0438. The standard InChI is InChI=1S/C14H28N2O2/c1-5-6-9-13(14(17)18-4)16-10-7-8-12(11-16)15(2)3/h12-13H,5-11H2,1-4H3. The van der Waals surface area contributed by atoms with Crippen molar-refractivity contribution in [2.24, 2.45) is 0 Å². The molecule has 0 amide bonds. The molecule has 1 rings (SSSR count). The van der Waals surface area contributed by atoms with Crippen LogP contribution in [-0.4, -0.2) is 62.1 Å². The highest BCUT2D eigenvalue weighted by molar-refractivity contribution is 5.75. The maximum atomic E-state index is 11.9. The molecule has 1 heterocycles. The first kappa shape index (κ1) is 15.4. The molecule has 0 bridgehead atoms. The van der Waals surface area contributed by atoms with Crippen molar-refractivity contribution in [1.82, 2.24) is 9.80 Å². The summed E-state index contributed by atoms with van der Waals surface area (Å²) >= 11 is 0. The molecule has 2 atom stereocenters. The second kappa shape index (κ2) is 7.74. The first-order chi connectivity index (χ1) is 8.60. The van der Waals surface area contributed by atoms with E-state index in [0.29, 0.717) is 6.04 Å². The fourth-order valence-corrected chi connectivity index (χ4v) is 2.67. The molecule has 1 saturated heterocycles. The second-order valence-electron chi connectivity index (χ2n) is 5.44. The van der Waals surface area contributed by atoms with Crippen LogP contribution in [0.4, 0.5) is 0 Å². The third-order valence-electron chi connectivity index (χ3n) is 3.90. The van der Waals surface area contributed by atoms with Gasteiger partial charge in [-0.2, -0.15) is 0 Å². The smallest absolute Gasteiger partial charge is 0.323 e. The molecule has 4 heteroatoms. The molecule has 1 fully saturated rings. The second-order valence-corrected chi connectivity index (χ2v) is 5.44. The summed E-state index contributed by atoms with van der Waals surface area (Å²) < 4.78 is 4.96. The zero-order chi connectivity index (χ0) is 13.5. The average Bonchev–Trinajstić information content (AvgIpc) is 2.39. The van der Waals surface area contributed by atoms with Crippen LogP contribution in [0.5, 0.6) is 0 Å². The third-order valence-corrected chi connectivity index (χ3v) is 3.90. The Morgan fingerprint density at radius 1 is 1.50 bits per heavy atom. The van der Waals surface area contributed by atoms with Crippen LogP contribution in [0.3, 0.4) is 0 Å². The number of rotatable bonds is 6. The summed E-state index contributed by atoms with van der Waals surface area (Å²) in [5, 5.41) is 0. The summed E-state index contributed by atoms with van der Waals surface area (Å²) in [4.78, 5) is 16.5. The minimum Gasteiger partial charge on any atom is -0.468 e. The number of carbonyl (C=O) groups excluding carboxylic acids is 1. The molecule has 0 aliphatic carbocycles. The molecule has 2 unspecified atom stereocenters. The Morgan fingerprint density at radius 2 is 2.22 bits per heavy atom. The first-order valence-electron chi connectivity index (χ1n) is 7.08. The van der Waals surface area contributed by atoms with Crippen molar-refractivity contribution < 1.29 is 9.53 Å². The highest BCUT2D eigenvalue weighted by atomic mass is 16.5. The fraction of sp³-hybridized carbons (Fsp3) is 0.929. The van der Waals surface area contributed by atoms with Crippen molar-refractivity contribution in [3.63, 3.8) is 0 Å². The molecule has 0 spiro atoms. The fourth-order valence-electron chi connectivity index (χ4n) is 2.67. The van der Waals surface area contributed by atoms with Gasteiger partial charge in [0.05, 0.1) is 7.11 Å². The zero-order valence-electron chi connectivity index (χ0n) is 12.3. The van der Waals surface area contributed by atoms with Gasteiger partial charge in [0.1, 0.15) is 6.04 Å². The van der Waals surface area contributed by atoms with Gasteiger partial charge in [-0.1, -0.05) is 19.8 Å². The maximum Gasteiger partial charge on any atom is 0.323 e. The quantitative estimate of drug-likeness (QED) is 0.678. The number of piperidine rings is 1. The van der Waals surface area contributed by atoms with Gasteiger partial charge in [-0.15, -0.1) is 0 Å². The Hall–Kier alpha value is -0.610. The molecule has 0 N–H and O–H groups in total. The number of likely N-dealkylation sites (N-methyl/N-ethyl adjacent to an activating group) is 1. The average molecular weight is 256 g/mol. The summed E-state index contributed by atoms with van der Waals surface area (Å²) in [7, 11) is 5.73. The molecule has 0 radical (unpaired) electrons. The van der Waals surface area contributed by atoms with E-state index in [9.17, 15) is 4.79 Å². The van der Waals surface area contributed by atoms with Crippen LogP contribution in [-0.2, 0) is 9.53 Å². The van der Waals surface area contributed by atoms with Crippen molar-refractivity contribution in [2.45, 2.75) is 51.1 Å². The van der Waals surface area contributed by atoms with E-state index in [0.717, 1.165) is 32.4 Å². The summed E-state index contributed by atoms with van der Waals surface area (Å²) in [6.07, 6.45) is 5.53. The monoisotopic (exact) mass is 256 g/mol. The lowest BCUT2D eigenvalue weighted by Crippen LogP contribution is -2.51. The molecule has 0 aromatic heterocycles. The first-order valence-corrected chi connectivity index (χ1v) is 7.08. The predicted octanol–water partition coefficient (Wildman–Crippen LogP) is 1.74. The summed E-state index contributed by atoms with van der Waals surface area (Å²) in [6, 6.07) is 0.519. The lowest BCUT2D eigenvalue weighted by Gasteiger charge is -2.39. The normalized spacial score (nSPS) is 23.1. The van der Waals surface area contributed by atoms with Gasteiger partial charge in [-0.25, -0.2) is 0 Å². The van der Waals surface area contributed by atoms with Crippen molar-refractivity contribution in [3.05, 3.63) is 0 Å². The Labute approximate surface area is 111 Å². The van der Waals surface area contributed by atoms with Crippen LogP contribution < -0.4 is 0 Å². The summed E-state index contributed by atoms with van der Waals surface area (Å²) in [5.41, 5.74) is 0. The molecule has 1 aliphatic rings. The largest absolute Gasteiger partial charge is 0.468 e. The number of unbranched alkanes of at least 4 members (excludes halogenated alkanes) is 1. The Balaban J connectivity index is 2.62. The van der Waals surface area contributed by atoms with Gasteiger partial charge < -0.3 is 9.64 Å². The number of carbonyl (C=O) groups is 1. The van der Waals surface area contributed by atoms with Gasteiger partial charge >= 0.3 is 5.97 Å². The van der Waals surface area contributed by atoms with Crippen LogP contribution in [0.25, 0.3) is 0 Å². The van der Waals surface area contributed by atoms with Crippen molar-refractivity contribution >= 4 is 5.97 Å². The minimum atomic E-state index is -0.0668. The topological polar surface area (TPSA) is 32.8 Å². The van der Waals surface area contributed by atoms with E-state index >= 15 is 0 Å². The number of methoxy groups -OCH3 is 1. The number of hydrogen-bond donors (Lipinski definition) is 0. The van der Waals surface area contributed by atoms with Gasteiger partial charge in [-0.3, -0.25) is 9.69 Å². The molecule has 1 aliphatic heterocycles. The number of likely N-dealkylation sites (tertiary alicyclic amines) is 1. The van der Waals surface area contributed by atoms with E-state index in [-0.39, 0.29) is 12.0 Å². The van der Waals surface area contributed by atoms with Gasteiger partial charge in [0, 0.05) is 12.6 Å². The molecule has 0 aromatic carbocycles. The molecular formula is C14H28N2O2. The SMILES string of the molecule is CCCCC(C(=O)OC)N1CCCC(N(C)C)C1. The molecule has 0 aromatic rings. The number of esters is 1. The van der Waals surface area contributed by atoms with Crippen LogP contribution in [0, 0.1) is 0 Å². The Kier molecular flexibility index (Phi) is 6.65. The summed E-state index contributed by atoms with van der Waals surface area (Å²) in [5.74, 6) is -0.0668. The van der Waals surface area contributed by atoms with E-state index in [1.165, 1.54) is 20.0 Å². The zero-order valence-corrected chi connectivity index (χ0v) is 12.3. The summed E-state index contributed by atoms with van der Waals surface area (Å²) in [6.45, 7) is 4.16. The van der Waals surface area contributed by atoms with Crippen LogP contribution in [0.2, 0.25) is 0 Å². The highest BCUT2D eigenvalue weighted by Crippen LogP contribution is 2.19. The van der Waals surface area contributed by atoms with E-state index in [1.54, 1.807) is 0 Å². The van der Waals surface area contributed by atoms with Crippen LogP contribution in [0.1, 0.15) is 39.0 Å². The molecule has 4 nitrogen and oxygen atoms in total. The van der Waals surface area contributed by atoms with Crippen molar-refractivity contribution in [1.29, 1.82) is 0 Å². The third kappa shape index (κ3) is 4.25. The highest BCUT2D eigenvalue weighted by Gasteiger charge is 2.31. The number of ether oxygens (including phenoxy) is 1. The van der Waals surface area contributed by atoms with E-state index in [4.69, 9.17) is 4.74 Å². The van der Waals surface area contributed by atoms with E-state index < -0.39 is 0 Å². The molecular weight excluding hydrogens is 228 g/mol. The maximum absolute atomic E-state index is 11.9. The van der Waals surface area contributed by atoms with E-state index in [2.05, 4.69) is 30.8 Å². The number of hydrogen-bond acceptors (Lipinski definition) is 4. The van der Waals surface area contributed by atoms with Crippen molar-refractivity contribution in [3.8, 4) is 0 Å². The van der Waals surface area contributed by atoms with Gasteiger partial charge in [0.25, 0.3) is 0 Å². The molecule has 106 valence electrons. The van der Waals surface area contributed by atoms with Crippen LogP contribution in [0.15, 0.2) is 0 Å². The Bertz CT molecular complexity index is 256. The molecule has 18 heavy (non-hydrogen) atoms. The lowest BCUT2D eigenvalue weighted by molar-refractivity contribution is -0.148. The van der Waals surface area contributed by atoms with Gasteiger partial charge in [0.15, 0.2) is 0 Å².